The fourth-order valence-corrected chi connectivity index (χ4v) is 1.54. The molecule has 63 valence electrons. The molecule has 0 aliphatic heterocycles. The monoisotopic (exact) mass is 154 g/mol. The maximum atomic E-state index is 11.3. The van der Waals surface area contributed by atoms with Crippen LogP contribution < -0.4 is 5.32 Å². The smallest absolute Gasteiger partial charge is 0.223 e. The zero-order chi connectivity index (χ0) is 8.10. The van der Waals surface area contributed by atoms with Crippen molar-refractivity contribution < 1.29 is 4.79 Å². The quantitative estimate of drug-likeness (QED) is 0.656. The molecule has 0 aromatic heterocycles. The van der Waals surface area contributed by atoms with E-state index in [0.29, 0.717) is 5.92 Å². The van der Waals surface area contributed by atoms with Crippen molar-refractivity contribution in [1.29, 1.82) is 0 Å². The van der Waals surface area contributed by atoms with Crippen molar-refractivity contribution in [3.8, 4) is 0 Å². The Labute approximate surface area is 68.4 Å². The normalized spacial score (nSPS) is 18.6. The van der Waals surface area contributed by atoms with E-state index in [1.165, 1.54) is 12.8 Å². The fourth-order valence-electron chi connectivity index (χ4n) is 1.54. The molecule has 0 unspecified atom stereocenters. The van der Waals surface area contributed by atoms with Crippen molar-refractivity contribution in [1.82, 2.24) is 5.32 Å². The summed E-state index contributed by atoms with van der Waals surface area (Å²) in [5.41, 5.74) is 0. The number of carbonyl (C=O) groups excluding carboxylic acids is 1. The van der Waals surface area contributed by atoms with E-state index < -0.39 is 0 Å². The molecule has 11 heavy (non-hydrogen) atoms. The van der Waals surface area contributed by atoms with Crippen LogP contribution in [0.25, 0.3) is 0 Å². The summed E-state index contributed by atoms with van der Waals surface area (Å²) < 4.78 is 0. The SMILES string of the molecule is [CH2]CCNC(=O)C1CCCC1. The van der Waals surface area contributed by atoms with Gasteiger partial charge in [0.05, 0.1) is 0 Å². The van der Waals surface area contributed by atoms with Crippen LogP contribution in [0, 0.1) is 12.8 Å². The van der Waals surface area contributed by atoms with Gasteiger partial charge in [-0.15, -0.1) is 0 Å². The lowest BCUT2D eigenvalue weighted by molar-refractivity contribution is -0.124. The first-order valence-corrected chi connectivity index (χ1v) is 4.41. The molecule has 2 nitrogen and oxygen atoms in total. The van der Waals surface area contributed by atoms with Gasteiger partial charge in [-0.25, -0.2) is 0 Å². The predicted molar refractivity (Wildman–Crippen MR) is 44.9 cm³/mol. The van der Waals surface area contributed by atoms with Crippen LogP contribution in [0.15, 0.2) is 0 Å². The average Bonchev–Trinajstić information content (AvgIpc) is 2.52. The minimum atomic E-state index is 0.242. The predicted octanol–water partition coefficient (Wildman–Crippen LogP) is 1.52. The van der Waals surface area contributed by atoms with Gasteiger partial charge in [-0.3, -0.25) is 4.79 Å². The fraction of sp³-hybridized carbons (Fsp3) is 0.778. The molecule has 1 fully saturated rings. The molecule has 1 aliphatic rings. The molecular weight excluding hydrogens is 138 g/mol. The third kappa shape index (κ3) is 2.52. The van der Waals surface area contributed by atoms with Gasteiger partial charge >= 0.3 is 0 Å². The summed E-state index contributed by atoms with van der Waals surface area (Å²) in [7, 11) is 0. The Morgan fingerprint density at radius 1 is 1.45 bits per heavy atom. The molecule has 2 heteroatoms. The maximum Gasteiger partial charge on any atom is 0.223 e. The first kappa shape index (κ1) is 8.57. The molecule has 1 N–H and O–H groups in total. The van der Waals surface area contributed by atoms with Crippen molar-refractivity contribution in [3.63, 3.8) is 0 Å². The van der Waals surface area contributed by atoms with Crippen LogP contribution in [0.1, 0.15) is 32.1 Å². The highest BCUT2D eigenvalue weighted by molar-refractivity contribution is 5.78. The summed E-state index contributed by atoms with van der Waals surface area (Å²) in [5.74, 6) is 0.549. The van der Waals surface area contributed by atoms with Gasteiger partial charge < -0.3 is 5.32 Å². The molecule has 1 saturated carbocycles. The molecule has 0 heterocycles. The van der Waals surface area contributed by atoms with Gasteiger partial charge in [-0.05, 0) is 19.3 Å². The minimum absolute atomic E-state index is 0.242. The highest BCUT2D eigenvalue weighted by Gasteiger charge is 2.21. The number of carbonyl (C=O) groups is 1. The first-order valence-electron chi connectivity index (χ1n) is 4.41. The number of hydrogen-bond donors (Lipinski definition) is 1. The first-order chi connectivity index (χ1) is 5.34. The number of hydrogen-bond acceptors (Lipinski definition) is 1. The second-order valence-electron chi connectivity index (χ2n) is 3.13. The molecule has 0 atom stereocenters. The molecule has 0 spiro atoms. The standard InChI is InChI=1S/C9H16NO/c1-2-7-10-9(11)8-5-3-4-6-8/h8H,1-7H2,(H,10,11). The number of rotatable bonds is 3. The van der Waals surface area contributed by atoms with Gasteiger partial charge in [0.15, 0.2) is 0 Å². The van der Waals surface area contributed by atoms with E-state index in [1.54, 1.807) is 0 Å². The molecule has 0 aromatic rings. The Hall–Kier alpha value is -0.530. The van der Waals surface area contributed by atoms with Crippen LogP contribution in [0.3, 0.4) is 0 Å². The summed E-state index contributed by atoms with van der Waals surface area (Å²) in [4.78, 5) is 11.3. The Morgan fingerprint density at radius 2 is 2.09 bits per heavy atom. The van der Waals surface area contributed by atoms with Crippen molar-refractivity contribution >= 4 is 5.91 Å². The van der Waals surface area contributed by atoms with Crippen LogP contribution in [-0.4, -0.2) is 12.5 Å². The van der Waals surface area contributed by atoms with Crippen molar-refractivity contribution in [2.45, 2.75) is 32.1 Å². The summed E-state index contributed by atoms with van der Waals surface area (Å²) in [6.07, 6.45) is 5.41. The van der Waals surface area contributed by atoms with E-state index in [4.69, 9.17) is 0 Å². The summed E-state index contributed by atoms with van der Waals surface area (Å²) in [6, 6.07) is 0. The summed E-state index contributed by atoms with van der Waals surface area (Å²) >= 11 is 0. The van der Waals surface area contributed by atoms with Crippen molar-refractivity contribution in [2.75, 3.05) is 6.54 Å². The molecule has 0 saturated heterocycles. The summed E-state index contributed by atoms with van der Waals surface area (Å²) in [6.45, 7) is 4.40. The van der Waals surface area contributed by atoms with Gasteiger partial charge in [0, 0.05) is 12.5 Å². The average molecular weight is 154 g/mol. The molecule has 0 bridgehead atoms. The van der Waals surface area contributed by atoms with Crippen LogP contribution in [0.4, 0.5) is 0 Å². The topological polar surface area (TPSA) is 29.1 Å². The molecule has 1 aliphatic carbocycles. The molecule has 1 radical (unpaired) electrons. The van der Waals surface area contributed by atoms with Crippen LogP contribution >= 0.6 is 0 Å². The van der Waals surface area contributed by atoms with Crippen molar-refractivity contribution in [3.05, 3.63) is 6.92 Å². The Morgan fingerprint density at radius 3 is 2.64 bits per heavy atom. The second kappa shape index (κ2) is 4.37. The Kier molecular flexibility index (Phi) is 3.40. The van der Waals surface area contributed by atoms with E-state index in [9.17, 15) is 4.79 Å². The third-order valence-corrected chi connectivity index (χ3v) is 2.20. The Balaban J connectivity index is 2.17. The zero-order valence-electron chi connectivity index (χ0n) is 6.94. The van der Waals surface area contributed by atoms with Gasteiger partial charge in [-0.2, -0.15) is 0 Å². The van der Waals surface area contributed by atoms with Gasteiger partial charge in [-0.1, -0.05) is 19.8 Å². The Bertz CT molecular complexity index is 128. The van der Waals surface area contributed by atoms with Crippen molar-refractivity contribution in [2.24, 2.45) is 5.92 Å². The van der Waals surface area contributed by atoms with E-state index >= 15 is 0 Å². The van der Waals surface area contributed by atoms with E-state index in [1.807, 2.05) is 0 Å². The van der Waals surface area contributed by atoms with E-state index in [0.717, 1.165) is 25.8 Å². The van der Waals surface area contributed by atoms with E-state index in [-0.39, 0.29) is 5.91 Å². The lowest BCUT2D eigenvalue weighted by Crippen LogP contribution is -2.29. The van der Waals surface area contributed by atoms with Crippen LogP contribution in [0.2, 0.25) is 0 Å². The maximum absolute atomic E-state index is 11.3. The largest absolute Gasteiger partial charge is 0.356 e. The second-order valence-corrected chi connectivity index (χ2v) is 3.13. The van der Waals surface area contributed by atoms with Gasteiger partial charge in [0.1, 0.15) is 0 Å². The molecule has 0 aromatic carbocycles. The third-order valence-electron chi connectivity index (χ3n) is 2.20. The highest BCUT2D eigenvalue weighted by atomic mass is 16.1. The number of amides is 1. The van der Waals surface area contributed by atoms with E-state index in [2.05, 4.69) is 12.2 Å². The number of nitrogens with one attached hydrogen (secondary N) is 1. The van der Waals surface area contributed by atoms with Gasteiger partial charge in [0.2, 0.25) is 5.91 Å². The lowest BCUT2D eigenvalue weighted by atomic mass is 10.1. The van der Waals surface area contributed by atoms with Crippen LogP contribution in [-0.2, 0) is 4.79 Å². The molecule has 1 rings (SSSR count). The van der Waals surface area contributed by atoms with Crippen LogP contribution in [0.5, 0.6) is 0 Å². The zero-order valence-corrected chi connectivity index (χ0v) is 6.94. The lowest BCUT2D eigenvalue weighted by Gasteiger charge is -2.08. The van der Waals surface area contributed by atoms with Gasteiger partial charge in [0.25, 0.3) is 0 Å². The summed E-state index contributed by atoms with van der Waals surface area (Å²) in [5, 5.41) is 2.87. The highest BCUT2D eigenvalue weighted by Crippen LogP contribution is 2.24. The minimum Gasteiger partial charge on any atom is -0.356 e. The molecular formula is C9H16NO. The molecule has 1 amide bonds.